The SMILES string of the molecule is CCNC(=NCC1(SC)CCOCC1)NCCc1ccc(C)c(OC)c1. The highest BCUT2D eigenvalue weighted by molar-refractivity contribution is 8.00. The molecule has 1 aromatic carbocycles. The molecule has 0 aliphatic carbocycles. The minimum absolute atomic E-state index is 0.213. The van der Waals surface area contributed by atoms with Gasteiger partial charge in [-0.05, 0) is 56.6 Å². The van der Waals surface area contributed by atoms with E-state index in [-0.39, 0.29) is 4.75 Å². The number of guanidine groups is 1. The van der Waals surface area contributed by atoms with Crippen molar-refractivity contribution in [3.8, 4) is 5.75 Å². The van der Waals surface area contributed by atoms with Crippen LogP contribution in [-0.2, 0) is 11.2 Å². The predicted molar refractivity (Wildman–Crippen MR) is 112 cm³/mol. The molecule has 0 aromatic heterocycles. The van der Waals surface area contributed by atoms with Crippen LogP contribution in [0.25, 0.3) is 0 Å². The highest BCUT2D eigenvalue weighted by atomic mass is 32.2. The third-order valence-corrected chi connectivity index (χ3v) is 6.29. The van der Waals surface area contributed by atoms with Crippen LogP contribution >= 0.6 is 11.8 Å². The van der Waals surface area contributed by atoms with Gasteiger partial charge in [-0.25, -0.2) is 0 Å². The van der Waals surface area contributed by atoms with Crippen molar-refractivity contribution in [1.82, 2.24) is 10.6 Å². The molecular weight excluding hydrogens is 346 g/mol. The van der Waals surface area contributed by atoms with Crippen LogP contribution in [-0.4, -0.2) is 56.9 Å². The van der Waals surface area contributed by atoms with E-state index in [9.17, 15) is 0 Å². The molecule has 1 aliphatic rings. The molecule has 0 unspecified atom stereocenters. The zero-order valence-electron chi connectivity index (χ0n) is 16.6. The number of benzene rings is 1. The van der Waals surface area contributed by atoms with Crippen molar-refractivity contribution in [2.45, 2.75) is 37.9 Å². The third kappa shape index (κ3) is 6.09. The zero-order chi connectivity index (χ0) is 18.8. The number of nitrogens with zero attached hydrogens (tertiary/aromatic N) is 1. The van der Waals surface area contributed by atoms with Crippen LogP contribution < -0.4 is 15.4 Å². The maximum absolute atomic E-state index is 5.52. The van der Waals surface area contributed by atoms with Crippen molar-refractivity contribution in [3.63, 3.8) is 0 Å². The summed E-state index contributed by atoms with van der Waals surface area (Å²) in [6.07, 6.45) is 5.26. The maximum Gasteiger partial charge on any atom is 0.191 e. The van der Waals surface area contributed by atoms with Crippen LogP contribution in [0.5, 0.6) is 5.75 Å². The van der Waals surface area contributed by atoms with Gasteiger partial charge in [0.2, 0.25) is 0 Å². The van der Waals surface area contributed by atoms with Crippen molar-refractivity contribution in [3.05, 3.63) is 29.3 Å². The number of hydrogen-bond acceptors (Lipinski definition) is 4. The number of nitrogens with one attached hydrogen (secondary N) is 2. The molecule has 1 aromatic rings. The van der Waals surface area contributed by atoms with E-state index in [1.54, 1.807) is 7.11 Å². The summed E-state index contributed by atoms with van der Waals surface area (Å²) in [5.74, 6) is 1.84. The first-order valence-electron chi connectivity index (χ1n) is 9.41. The largest absolute Gasteiger partial charge is 0.496 e. The summed E-state index contributed by atoms with van der Waals surface area (Å²) in [5.41, 5.74) is 2.43. The Labute approximate surface area is 162 Å². The number of ether oxygens (including phenoxy) is 2. The minimum atomic E-state index is 0.213. The molecule has 2 rings (SSSR count). The third-order valence-electron chi connectivity index (χ3n) is 4.89. The first-order valence-corrected chi connectivity index (χ1v) is 10.6. The van der Waals surface area contributed by atoms with Crippen LogP contribution in [0.15, 0.2) is 23.2 Å². The Hall–Kier alpha value is -1.40. The molecule has 1 fully saturated rings. The lowest BCUT2D eigenvalue weighted by Gasteiger charge is -2.34. The van der Waals surface area contributed by atoms with Crippen LogP contribution in [0.2, 0.25) is 0 Å². The summed E-state index contributed by atoms with van der Waals surface area (Å²) < 4.78 is 11.1. The highest BCUT2D eigenvalue weighted by Gasteiger charge is 2.31. The van der Waals surface area contributed by atoms with Crippen LogP contribution in [0.3, 0.4) is 0 Å². The molecule has 5 nitrogen and oxygen atoms in total. The summed E-state index contributed by atoms with van der Waals surface area (Å²) in [5, 5.41) is 6.81. The topological polar surface area (TPSA) is 54.9 Å². The lowest BCUT2D eigenvalue weighted by Crippen LogP contribution is -2.41. The summed E-state index contributed by atoms with van der Waals surface area (Å²) in [6, 6.07) is 6.39. The molecule has 0 saturated carbocycles. The number of hydrogen-bond donors (Lipinski definition) is 2. The summed E-state index contributed by atoms with van der Waals surface area (Å²) in [4.78, 5) is 4.85. The van der Waals surface area contributed by atoms with E-state index >= 15 is 0 Å². The van der Waals surface area contributed by atoms with E-state index in [0.29, 0.717) is 0 Å². The van der Waals surface area contributed by atoms with Crippen molar-refractivity contribution >= 4 is 17.7 Å². The molecule has 1 heterocycles. The second kappa shape index (κ2) is 10.7. The standard InChI is InChI=1S/C20H33N3O2S/c1-5-21-19(23-15-20(26-4)9-12-25-13-10-20)22-11-8-17-7-6-16(2)18(14-17)24-3/h6-7,14H,5,8-13,15H2,1-4H3,(H2,21,22,23). The van der Waals surface area contributed by atoms with Crippen LogP contribution in [0.1, 0.15) is 30.9 Å². The van der Waals surface area contributed by atoms with E-state index in [0.717, 1.165) is 69.4 Å². The van der Waals surface area contributed by atoms with Gasteiger partial charge in [0.1, 0.15) is 5.75 Å². The van der Waals surface area contributed by atoms with Gasteiger partial charge in [-0.15, -0.1) is 0 Å². The molecule has 1 aliphatic heterocycles. The van der Waals surface area contributed by atoms with Crippen LogP contribution in [0.4, 0.5) is 0 Å². The smallest absolute Gasteiger partial charge is 0.191 e. The molecule has 0 spiro atoms. The summed E-state index contributed by atoms with van der Waals surface area (Å²) in [6.45, 7) is 8.37. The number of thioether (sulfide) groups is 1. The molecule has 146 valence electrons. The number of aliphatic imine (C=N–C) groups is 1. The van der Waals surface area contributed by atoms with Gasteiger partial charge in [-0.1, -0.05) is 12.1 Å². The van der Waals surface area contributed by atoms with Crippen molar-refractivity contribution < 1.29 is 9.47 Å². The molecular formula is C20H33N3O2S. The molecule has 0 atom stereocenters. The molecule has 26 heavy (non-hydrogen) atoms. The van der Waals surface area contributed by atoms with E-state index in [1.165, 1.54) is 5.56 Å². The highest BCUT2D eigenvalue weighted by Crippen LogP contribution is 2.33. The molecule has 1 saturated heterocycles. The molecule has 0 radical (unpaired) electrons. The van der Waals surface area contributed by atoms with Crippen molar-refractivity contribution in [1.29, 1.82) is 0 Å². The van der Waals surface area contributed by atoms with E-state index in [1.807, 2.05) is 11.8 Å². The predicted octanol–water partition coefficient (Wildman–Crippen LogP) is 3.01. The fourth-order valence-electron chi connectivity index (χ4n) is 3.08. The van der Waals surface area contributed by atoms with Crippen molar-refractivity contribution in [2.24, 2.45) is 4.99 Å². The Morgan fingerprint density at radius 2 is 2.08 bits per heavy atom. The fourth-order valence-corrected chi connectivity index (χ4v) is 3.85. The van der Waals surface area contributed by atoms with Gasteiger partial charge in [0, 0.05) is 31.1 Å². The van der Waals surface area contributed by atoms with Gasteiger partial charge in [0.25, 0.3) is 0 Å². The lowest BCUT2D eigenvalue weighted by molar-refractivity contribution is 0.0794. The van der Waals surface area contributed by atoms with Crippen LogP contribution in [0, 0.1) is 6.92 Å². The van der Waals surface area contributed by atoms with E-state index in [2.05, 4.69) is 48.9 Å². The van der Waals surface area contributed by atoms with Gasteiger partial charge < -0.3 is 20.1 Å². The Bertz CT molecular complexity index is 586. The monoisotopic (exact) mass is 379 g/mol. The first-order chi connectivity index (χ1) is 12.6. The van der Waals surface area contributed by atoms with Crippen molar-refractivity contribution in [2.75, 3.05) is 46.2 Å². The molecule has 6 heteroatoms. The number of rotatable bonds is 8. The molecule has 0 bridgehead atoms. The fraction of sp³-hybridized carbons (Fsp3) is 0.650. The van der Waals surface area contributed by atoms with E-state index in [4.69, 9.17) is 14.5 Å². The first kappa shape index (κ1) is 20.9. The van der Waals surface area contributed by atoms with Gasteiger partial charge in [0.15, 0.2) is 5.96 Å². The average Bonchev–Trinajstić information content (AvgIpc) is 2.68. The summed E-state index contributed by atoms with van der Waals surface area (Å²) in [7, 11) is 1.72. The Morgan fingerprint density at radius 3 is 2.73 bits per heavy atom. The van der Waals surface area contributed by atoms with Gasteiger partial charge >= 0.3 is 0 Å². The van der Waals surface area contributed by atoms with E-state index < -0.39 is 0 Å². The number of aryl methyl sites for hydroxylation is 1. The Kier molecular flexibility index (Phi) is 8.59. The molecule has 2 N–H and O–H groups in total. The molecule has 0 amide bonds. The summed E-state index contributed by atoms with van der Waals surface area (Å²) >= 11 is 1.92. The van der Waals surface area contributed by atoms with Gasteiger partial charge in [-0.2, -0.15) is 11.8 Å². The lowest BCUT2D eigenvalue weighted by atomic mass is 9.99. The maximum atomic E-state index is 5.52. The Balaban J connectivity index is 1.90. The zero-order valence-corrected chi connectivity index (χ0v) is 17.4. The number of methoxy groups -OCH3 is 1. The second-order valence-corrected chi connectivity index (χ2v) is 7.95. The van der Waals surface area contributed by atoms with Gasteiger partial charge in [0.05, 0.1) is 13.7 Å². The minimum Gasteiger partial charge on any atom is -0.496 e. The normalized spacial score (nSPS) is 17.0. The Morgan fingerprint density at radius 1 is 1.31 bits per heavy atom. The average molecular weight is 380 g/mol. The van der Waals surface area contributed by atoms with Gasteiger partial charge in [-0.3, -0.25) is 4.99 Å². The second-order valence-electron chi connectivity index (χ2n) is 6.68. The quantitative estimate of drug-likeness (QED) is 0.537.